The molecule has 2 rings (SSSR count). The van der Waals surface area contributed by atoms with E-state index in [-0.39, 0.29) is 0 Å². The summed E-state index contributed by atoms with van der Waals surface area (Å²) in [5.41, 5.74) is 0.636. The van der Waals surface area contributed by atoms with Gasteiger partial charge in [-0.25, -0.2) is 4.98 Å². The van der Waals surface area contributed by atoms with Crippen LogP contribution in [0.5, 0.6) is 0 Å². The number of rotatable bonds is 2. The molecule has 4 heteroatoms. The zero-order valence-corrected chi connectivity index (χ0v) is 8.83. The summed E-state index contributed by atoms with van der Waals surface area (Å²) in [7, 11) is 0. The maximum absolute atomic E-state index is 9.54. The van der Waals surface area contributed by atoms with E-state index in [1.807, 2.05) is 19.1 Å². The van der Waals surface area contributed by atoms with Crippen LogP contribution >= 0.6 is 11.6 Å². The fourth-order valence-electron chi connectivity index (χ4n) is 1.83. The molecule has 1 aliphatic heterocycles. The molecular weight excluding hydrogens is 200 g/mol. The summed E-state index contributed by atoms with van der Waals surface area (Å²) in [5, 5.41) is 10.1. The second-order valence-electron chi connectivity index (χ2n) is 4.13. The number of nitrogens with zero attached hydrogens (tertiary/aromatic N) is 2. The normalized spacial score (nSPS) is 20.5. The first-order chi connectivity index (χ1) is 6.55. The minimum absolute atomic E-state index is 0.503. The zero-order chi connectivity index (χ0) is 10.2. The molecule has 0 amide bonds. The molecule has 0 saturated carbocycles. The molecule has 0 unspecified atom stereocenters. The first kappa shape index (κ1) is 9.90. The summed E-state index contributed by atoms with van der Waals surface area (Å²) < 4.78 is 0. The van der Waals surface area contributed by atoms with E-state index in [0.29, 0.717) is 5.15 Å². The zero-order valence-electron chi connectivity index (χ0n) is 8.07. The van der Waals surface area contributed by atoms with Gasteiger partial charge in [0.2, 0.25) is 0 Å². The fourth-order valence-corrected chi connectivity index (χ4v) is 2.02. The lowest BCUT2D eigenvalue weighted by Crippen LogP contribution is -2.59. The number of halogens is 1. The van der Waals surface area contributed by atoms with Gasteiger partial charge in [-0.1, -0.05) is 11.6 Å². The van der Waals surface area contributed by atoms with Gasteiger partial charge in [-0.05, 0) is 24.6 Å². The van der Waals surface area contributed by atoms with Crippen LogP contribution in [-0.2, 0) is 6.54 Å². The molecule has 0 radical (unpaired) electrons. The minimum atomic E-state index is -0.503. The molecule has 0 bridgehead atoms. The fraction of sp³-hybridized carbons (Fsp3) is 0.500. The second-order valence-corrected chi connectivity index (χ2v) is 4.52. The third-order valence-electron chi connectivity index (χ3n) is 2.33. The van der Waals surface area contributed by atoms with Gasteiger partial charge in [-0.15, -0.1) is 0 Å². The number of aromatic nitrogens is 1. The highest BCUT2D eigenvalue weighted by molar-refractivity contribution is 6.29. The molecule has 0 atom stereocenters. The molecule has 1 aromatic heterocycles. The van der Waals surface area contributed by atoms with E-state index < -0.39 is 5.60 Å². The van der Waals surface area contributed by atoms with Gasteiger partial charge in [-0.2, -0.15) is 0 Å². The van der Waals surface area contributed by atoms with Gasteiger partial charge >= 0.3 is 0 Å². The van der Waals surface area contributed by atoms with Crippen molar-refractivity contribution in [2.45, 2.75) is 19.1 Å². The van der Waals surface area contributed by atoms with E-state index in [0.717, 1.165) is 25.2 Å². The number of pyridine rings is 1. The predicted molar refractivity (Wildman–Crippen MR) is 55.1 cm³/mol. The topological polar surface area (TPSA) is 36.4 Å². The minimum Gasteiger partial charge on any atom is -0.388 e. The largest absolute Gasteiger partial charge is 0.388 e. The summed E-state index contributed by atoms with van der Waals surface area (Å²) in [5.74, 6) is 0. The van der Waals surface area contributed by atoms with Crippen LogP contribution < -0.4 is 0 Å². The molecule has 0 spiro atoms. The van der Waals surface area contributed by atoms with Crippen molar-refractivity contribution in [3.05, 3.63) is 29.0 Å². The highest BCUT2D eigenvalue weighted by Gasteiger charge is 2.35. The van der Waals surface area contributed by atoms with E-state index in [1.165, 1.54) is 0 Å². The Hall–Kier alpha value is -0.640. The molecule has 0 aliphatic carbocycles. The molecule has 0 aromatic carbocycles. The average Bonchev–Trinajstić information content (AvgIpc) is 2.00. The van der Waals surface area contributed by atoms with E-state index in [2.05, 4.69) is 9.88 Å². The monoisotopic (exact) mass is 212 g/mol. The molecule has 1 aromatic rings. The van der Waals surface area contributed by atoms with Crippen LogP contribution in [0.15, 0.2) is 18.3 Å². The Bertz CT molecular complexity index is 333. The molecule has 76 valence electrons. The van der Waals surface area contributed by atoms with Crippen molar-refractivity contribution >= 4 is 11.6 Å². The van der Waals surface area contributed by atoms with Crippen molar-refractivity contribution in [3.63, 3.8) is 0 Å². The van der Waals surface area contributed by atoms with Gasteiger partial charge in [0.25, 0.3) is 0 Å². The van der Waals surface area contributed by atoms with Crippen molar-refractivity contribution in [1.82, 2.24) is 9.88 Å². The standard InChI is InChI=1S/C10H13ClN2O/c1-10(14)6-13(7-10)5-8-2-3-12-9(11)4-8/h2-4,14H,5-7H2,1H3. The van der Waals surface area contributed by atoms with Crippen molar-refractivity contribution < 1.29 is 5.11 Å². The Morgan fingerprint density at radius 1 is 1.64 bits per heavy atom. The number of β-amino-alcohol motifs (C(OH)–C–C–N with tert-alkyl or cyclic N) is 1. The number of aliphatic hydroxyl groups is 1. The first-order valence-electron chi connectivity index (χ1n) is 4.60. The van der Waals surface area contributed by atoms with E-state index in [4.69, 9.17) is 11.6 Å². The van der Waals surface area contributed by atoms with Crippen LogP contribution in [0.2, 0.25) is 5.15 Å². The SMILES string of the molecule is CC1(O)CN(Cc2ccnc(Cl)c2)C1. The van der Waals surface area contributed by atoms with Crippen molar-refractivity contribution in [2.24, 2.45) is 0 Å². The molecule has 1 fully saturated rings. The first-order valence-corrected chi connectivity index (χ1v) is 4.98. The highest BCUT2D eigenvalue weighted by atomic mass is 35.5. The van der Waals surface area contributed by atoms with Crippen LogP contribution in [0, 0.1) is 0 Å². The molecule has 1 N–H and O–H groups in total. The van der Waals surface area contributed by atoms with Crippen molar-refractivity contribution in [1.29, 1.82) is 0 Å². The van der Waals surface area contributed by atoms with Gasteiger partial charge in [0.05, 0.1) is 5.60 Å². The summed E-state index contributed by atoms with van der Waals surface area (Å²) in [4.78, 5) is 6.09. The van der Waals surface area contributed by atoms with Crippen LogP contribution in [0.25, 0.3) is 0 Å². The highest BCUT2D eigenvalue weighted by Crippen LogP contribution is 2.22. The maximum atomic E-state index is 9.54. The number of hydrogen-bond donors (Lipinski definition) is 1. The van der Waals surface area contributed by atoms with Gasteiger partial charge in [0, 0.05) is 25.8 Å². The summed E-state index contributed by atoms with van der Waals surface area (Å²) in [6.07, 6.45) is 1.70. The van der Waals surface area contributed by atoms with E-state index in [9.17, 15) is 5.11 Å². The molecular formula is C10H13ClN2O. The van der Waals surface area contributed by atoms with Crippen molar-refractivity contribution in [3.8, 4) is 0 Å². The summed E-state index contributed by atoms with van der Waals surface area (Å²) in [6, 6.07) is 3.80. The quantitative estimate of drug-likeness (QED) is 0.751. The van der Waals surface area contributed by atoms with E-state index in [1.54, 1.807) is 6.20 Å². The molecule has 1 aliphatic rings. The van der Waals surface area contributed by atoms with E-state index >= 15 is 0 Å². The van der Waals surface area contributed by atoms with Gasteiger partial charge < -0.3 is 5.11 Å². The predicted octanol–water partition coefficient (Wildman–Crippen LogP) is 1.30. The van der Waals surface area contributed by atoms with Crippen LogP contribution in [0.4, 0.5) is 0 Å². The molecule has 14 heavy (non-hydrogen) atoms. The lowest BCUT2D eigenvalue weighted by Gasteiger charge is -2.44. The molecule has 2 heterocycles. The summed E-state index contributed by atoms with van der Waals surface area (Å²) >= 11 is 5.77. The Balaban J connectivity index is 1.93. The summed E-state index contributed by atoms with van der Waals surface area (Å²) in [6.45, 7) is 4.14. The maximum Gasteiger partial charge on any atom is 0.129 e. The Labute approximate surface area is 88.3 Å². The molecule has 1 saturated heterocycles. The number of hydrogen-bond acceptors (Lipinski definition) is 3. The Kier molecular flexibility index (Phi) is 2.47. The van der Waals surface area contributed by atoms with Crippen LogP contribution in [0.1, 0.15) is 12.5 Å². The second kappa shape index (κ2) is 3.50. The molecule has 3 nitrogen and oxygen atoms in total. The van der Waals surface area contributed by atoms with Crippen molar-refractivity contribution in [2.75, 3.05) is 13.1 Å². The Morgan fingerprint density at radius 2 is 2.36 bits per heavy atom. The van der Waals surface area contributed by atoms with Gasteiger partial charge in [0.15, 0.2) is 0 Å². The lowest BCUT2D eigenvalue weighted by atomic mass is 9.96. The Morgan fingerprint density at radius 3 is 2.93 bits per heavy atom. The van der Waals surface area contributed by atoms with Crippen LogP contribution in [0.3, 0.4) is 0 Å². The van der Waals surface area contributed by atoms with Gasteiger partial charge in [-0.3, -0.25) is 4.90 Å². The van der Waals surface area contributed by atoms with Crippen LogP contribution in [-0.4, -0.2) is 33.7 Å². The third-order valence-corrected chi connectivity index (χ3v) is 2.53. The third kappa shape index (κ3) is 2.23. The van der Waals surface area contributed by atoms with Gasteiger partial charge in [0.1, 0.15) is 5.15 Å². The lowest BCUT2D eigenvalue weighted by molar-refractivity contribution is -0.0871. The average molecular weight is 213 g/mol. The smallest absolute Gasteiger partial charge is 0.129 e. The number of likely N-dealkylation sites (tertiary alicyclic amines) is 1.